The lowest BCUT2D eigenvalue weighted by atomic mass is 10.0. The molecular formula is C16H19ClN2O2. The van der Waals surface area contributed by atoms with Gasteiger partial charge < -0.3 is 14.6 Å². The van der Waals surface area contributed by atoms with Gasteiger partial charge in [0.2, 0.25) is 0 Å². The number of fused-ring (bicyclic) bond motifs is 1. The number of amides is 1. The number of nitrogens with one attached hydrogen (secondary N) is 1. The highest BCUT2D eigenvalue weighted by molar-refractivity contribution is 6.35. The van der Waals surface area contributed by atoms with Crippen LogP contribution in [0.2, 0.25) is 5.02 Å². The zero-order chi connectivity index (χ0) is 15.0. The zero-order valence-electron chi connectivity index (χ0n) is 12.3. The van der Waals surface area contributed by atoms with Crippen molar-refractivity contribution in [1.29, 1.82) is 0 Å². The van der Waals surface area contributed by atoms with Gasteiger partial charge in [0.1, 0.15) is 0 Å². The van der Waals surface area contributed by atoms with Crippen molar-refractivity contribution in [2.24, 2.45) is 0 Å². The summed E-state index contributed by atoms with van der Waals surface area (Å²) in [5.41, 5.74) is 1.46. The topological polar surface area (TPSA) is 45.5 Å². The molecule has 1 aromatic heterocycles. The first-order valence-electron chi connectivity index (χ1n) is 7.25. The van der Waals surface area contributed by atoms with Crippen LogP contribution >= 0.6 is 11.6 Å². The summed E-state index contributed by atoms with van der Waals surface area (Å²) in [4.78, 5) is 14.5. The molecule has 1 aliphatic heterocycles. The van der Waals surface area contributed by atoms with E-state index >= 15 is 0 Å². The monoisotopic (exact) mass is 306 g/mol. The van der Waals surface area contributed by atoms with E-state index in [1.54, 1.807) is 11.0 Å². The van der Waals surface area contributed by atoms with Crippen LogP contribution < -0.4 is 5.32 Å². The van der Waals surface area contributed by atoms with Crippen molar-refractivity contribution in [1.82, 2.24) is 10.2 Å². The van der Waals surface area contributed by atoms with E-state index in [4.69, 9.17) is 16.0 Å². The Morgan fingerprint density at radius 1 is 1.38 bits per heavy atom. The van der Waals surface area contributed by atoms with Crippen molar-refractivity contribution in [3.05, 3.63) is 34.5 Å². The summed E-state index contributed by atoms with van der Waals surface area (Å²) in [5.74, 6) is 0.339. The van der Waals surface area contributed by atoms with Gasteiger partial charge in [0.15, 0.2) is 11.3 Å². The molecule has 5 heteroatoms. The highest BCUT2D eigenvalue weighted by Gasteiger charge is 2.27. The van der Waals surface area contributed by atoms with Crippen LogP contribution in [0.25, 0.3) is 11.0 Å². The van der Waals surface area contributed by atoms with Gasteiger partial charge in [0.05, 0.1) is 5.02 Å². The van der Waals surface area contributed by atoms with Crippen LogP contribution in [0.15, 0.2) is 22.6 Å². The lowest BCUT2D eigenvalue weighted by molar-refractivity contribution is 0.0672. The molecule has 0 saturated carbocycles. The Morgan fingerprint density at radius 2 is 2.10 bits per heavy atom. The van der Waals surface area contributed by atoms with Crippen LogP contribution in [0.4, 0.5) is 0 Å². The van der Waals surface area contributed by atoms with Crippen LogP contribution in [0.1, 0.15) is 29.0 Å². The maximum Gasteiger partial charge on any atom is 0.289 e. The zero-order valence-corrected chi connectivity index (χ0v) is 13.0. The van der Waals surface area contributed by atoms with Crippen LogP contribution in [-0.2, 0) is 0 Å². The third-order valence-electron chi connectivity index (χ3n) is 4.29. The Labute approximate surface area is 129 Å². The van der Waals surface area contributed by atoms with Crippen LogP contribution in [0.5, 0.6) is 0 Å². The molecule has 0 aliphatic carbocycles. The average Bonchev–Trinajstić information content (AvgIpc) is 2.85. The molecule has 2 heterocycles. The van der Waals surface area contributed by atoms with Gasteiger partial charge >= 0.3 is 0 Å². The third-order valence-corrected chi connectivity index (χ3v) is 4.58. The molecule has 0 unspecified atom stereocenters. The number of aryl methyl sites for hydroxylation is 1. The molecule has 1 aromatic carbocycles. The molecule has 1 fully saturated rings. The molecule has 1 amide bonds. The molecule has 0 bridgehead atoms. The molecule has 0 radical (unpaired) electrons. The van der Waals surface area contributed by atoms with Crippen molar-refractivity contribution in [2.75, 3.05) is 20.1 Å². The van der Waals surface area contributed by atoms with Gasteiger partial charge in [-0.05, 0) is 38.9 Å². The Bertz CT molecular complexity index is 674. The number of nitrogens with zero attached hydrogens (tertiary/aromatic N) is 1. The van der Waals surface area contributed by atoms with E-state index in [0.29, 0.717) is 16.4 Å². The summed E-state index contributed by atoms with van der Waals surface area (Å²) in [7, 11) is 1.85. The molecule has 4 nitrogen and oxygen atoms in total. The molecule has 1 saturated heterocycles. The molecular weight excluding hydrogens is 288 g/mol. The summed E-state index contributed by atoms with van der Waals surface area (Å²) in [6.07, 6.45) is 1.95. The van der Waals surface area contributed by atoms with E-state index in [-0.39, 0.29) is 11.9 Å². The first-order chi connectivity index (χ1) is 10.1. The number of carbonyl (C=O) groups is 1. The third kappa shape index (κ3) is 2.54. The Balaban J connectivity index is 1.94. The van der Waals surface area contributed by atoms with Crippen LogP contribution in [0.3, 0.4) is 0 Å². The second kappa shape index (κ2) is 5.70. The SMILES string of the molecule is Cc1c(C(=O)N(C)C2CCNCC2)oc2c(Cl)cccc12. The number of para-hydroxylation sites is 1. The Morgan fingerprint density at radius 3 is 2.76 bits per heavy atom. The van der Waals surface area contributed by atoms with Crippen molar-refractivity contribution in [3.63, 3.8) is 0 Å². The molecule has 21 heavy (non-hydrogen) atoms. The van der Waals surface area contributed by atoms with Gasteiger partial charge in [0.25, 0.3) is 5.91 Å². The van der Waals surface area contributed by atoms with Gasteiger partial charge in [-0.2, -0.15) is 0 Å². The normalized spacial score (nSPS) is 16.3. The number of halogens is 1. The maximum absolute atomic E-state index is 12.7. The summed E-state index contributed by atoms with van der Waals surface area (Å²) in [6, 6.07) is 5.85. The first kappa shape index (κ1) is 14.4. The minimum Gasteiger partial charge on any atom is -0.449 e. The maximum atomic E-state index is 12.7. The van der Waals surface area contributed by atoms with Crippen LogP contribution in [0, 0.1) is 6.92 Å². The number of rotatable bonds is 2. The van der Waals surface area contributed by atoms with Crippen molar-refractivity contribution in [3.8, 4) is 0 Å². The van der Waals surface area contributed by atoms with Gasteiger partial charge in [-0.3, -0.25) is 4.79 Å². The van der Waals surface area contributed by atoms with E-state index < -0.39 is 0 Å². The molecule has 112 valence electrons. The second-order valence-corrected chi connectivity index (χ2v) is 5.98. The average molecular weight is 307 g/mol. The number of benzene rings is 1. The number of carbonyl (C=O) groups excluding carboxylic acids is 1. The minimum absolute atomic E-state index is 0.0633. The van der Waals surface area contributed by atoms with Crippen molar-refractivity contribution < 1.29 is 9.21 Å². The fourth-order valence-corrected chi connectivity index (χ4v) is 3.15. The van der Waals surface area contributed by atoms with Gasteiger partial charge in [-0.15, -0.1) is 0 Å². The number of hydrogen-bond donors (Lipinski definition) is 1. The quantitative estimate of drug-likeness (QED) is 0.926. The fourth-order valence-electron chi connectivity index (χ4n) is 2.93. The summed E-state index contributed by atoms with van der Waals surface area (Å²) in [6.45, 7) is 3.81. The predicted octanol–water partition coefficient (Wildman–Crippen LogP) is 3.22. The highest BCUT2D eigenvalue weighted by Crippen LogP contribution is 2.31. The summed E-state index contributed by atoms with van der Waals surface area (Å²) < 4.78 is 5.76. The Hall–Kier alpha value is -1.52. The molecule has 0 spiro atoms. The first-order valence-corrected chi connectivity index (χ1v) is 7.63. The van der Waals surface area contributed by atoms with Gasteiger partial charge in [0, 0.05) is 24.0 Å². The smallest absolute Gasteiger partial charge is 0.289 e. The van der Waals surface area contributed by atoms with Crippen molar-refractivity contribution >= 4 is 28.5 Å². The standard InChI is InChI=1S/C16H19ClN2O2/c1-10-12-4-3-5-13(17)15(12)21-14(10)16(20)19(2)11-6-8-18-9-7-11/h3-5,11,18H,6-9H2,1-2H3. The summed E-state index contributed by atoms with van der Waals surface area (Å²) in [5, 5.41) is 4.76. The minimum atomic E-state index is -0.0633. The van der Waals surface area contributed by atoms with Crippen molar-refractivity contribution in [2.45, 2.75) is 25.8 Å². The summed E-state index contributed by atoms with van der Waals surface area (Å²) >= 11 is 6.15. The largest absolute Gasteiger partial charge is 0.449 e. The second-order valence-electron chi connectivity index (χ2n) is 5.57. The van der Waals surface area contributed by atoms with E-state index in [2.05, 4.69) is 5.32 Å². The Kier molecular flexibility index (Phi) is 3.91. The lowest BCUT2D eigenvalue weighted by Gasteiger charge is -2.31. The fraction of sp³-hybridized carbons (Fsp3) is 0.438. The number of furan rings is 1. The molecule has 1 aliphatic rings. The lowest BCUT2D eigenvalue weighted by Crippen LogP contribution is -2.44. The molecule has 2 aromatic rings. The molecule has 1 N–H and O–H groups in total. The van der Waals surface area contributed by atoms with Gasteiger partial charge in [-0.25, -0.2) is 0 Å². The van der Waals surface area contributed by atoms with E-state index in [1.807, 2.05) is 26.1 Å². The van der Waals surface area contributed by atoms with E-state index in [0.717, 1.165) is 36.9 Å². The van der Waals surface area contributed by atoms with Gasteiger partial charge in [-0.1, -0.05) is 23.7 Å². The molecule has 0 atom stereocenters. The number of hydrogen-bond acceptors (Lipinski definition) is 3. The predicted molar refractivity (Wildman–Crippen MR) is 83.9 cm³/mol. The molecule has 3 rings (SSSR count). The highest BCUT2D eigenvalue weighted by atomic mass is 35.5. The number of piperidine rings is 1. The van der Waals surface area contributed by atoms with Crippen LogP contribution in [-0.4, -0.2) is 37.0 Å². The van der Waals surface area contributed by atoms with E-state index in [1.165, 1.54) is 0 Å². The van der Waals surface area contributed by atoms with E-state index in [9.17, 15) is 4.79 Å².